The molecule has 86 valence electrons. The molecule has 0 unspecified atom stereocenters. The second-order valence-electron chi connectivity index (χ2n) is 4.24. The van der Waals surface area contributed by atoms with E-state index in [2.05, 4.69) is 0 Å². The quantitative estimate of drug-likeness (QED) is 0.345. The SMILES string of the molecule is O=c1ccc2ccc3c(ccc4ccoc43)c2o1. The van der Waals surface area contributed by atoms with Crippen LogP contribution >= 0.6 is 0 Å². The van der Waals surface area contributed by atoms with Crippen LogP contribution in [0.2, 0.25) is 0 Å². The normalized spacial score (nSPS) is 11.6. The first-order valence-corrected chi connectivity index (χ1v) is 5.66. The third-order valence-corrected chi connectivity index (χ3v) is 3.20. The Balaban J connectivity index is 2.34. The predicted molar refractivity (Wildman–Crippen MR) is 69.8 cm³/mol. The average molecular weight is 236 g/mol. The van der Waals surface area contributed by atoms with Crippen LogP contribution in [-0.4, -0.2) is 0 Å². The molecule has 18 heavy (non-hydrogen) atoms. The highest BCUT2D eigenvalue weighted by Gasteiger charge is 2.08. The summed E-state index contributed by atoms with van der Waals surface area (Å²) in [7, 11) is 0. The molecule has 4 aromatic rings. The molecule has 0 aliphatic rings. The van der Waals surface area contributed by atoms with E-state index in [1.807, 2.05) is 30.3 Å². The Kier molecular flexibility index (Phi) is 1.70. The first-order valence-electron chi connectivity index (χ1n) is 5.66. The molecule has 0 saturated carbocycles. The van der Waals surface area contributed by atoms with E-state index in [1.54, 1.807) is 12.3 Å². The number of hydrogen-bond acceptors (Lipinski definition) is 3. The van der Waals surface area contributed by atoms with Crippen molar-refractivity contribution in [2.75, 3.05) is 0 Å². The van der Waals surface area contributed by atoms with E-state index in [-0.39, 0.29) is 5.63 Å². The molecule has 0 N–H and O–H groups in total. The molecular weight excluding hydrogens is 228 g/mol. The lowest BCUT2D eigenvalue weighted by Gasteiger charge is -2.02. The van der Waals surface area contributed by atoms with Crippen LogP contribution in [-0.2, 0) is 0 Å². The Morgan fingerprint density at radius 2 is 1.39 bits per heavy atom. The van der Waals surface area contributed by atoms with Gasteiger partial charge in [0.25, 0.3) is 0 Å². The molecule has 0 bridgehead atoms. The fraction of sp³-hybridized carbons (Fsp3) is 0. The summed E-state index contributed by atoms with van der Waals surface area (Å²) in [4.78, 5) is 11.4. The number of hydrogen-bond donors (Lipinski definition) is 0. The second kappa shape index (κ2) is 3.23. The summed E-state index contributed by atoms with van der Waals surface area (Å²) < 4.78 is 10.8. The Bertz CT molecular complexity index is 944. The minimum Gasteiger partial charge on any atom is -0.464 e. The molecule has 4 rings (SSSR count). The number of furan rings is 1. The van der Waals surface area contributed by atoms with Crippen LogP contribution in [0.3, 0.4) is 0 Å². The predicted octanol–water partition coefficient (Wildman–Crippen LogP) is 3.69. The maximum absolute atomic E-state index is 11.4. The van der Waals surface area contributed by atoms with Crippen molar-refractivity contribution in [1.82, 2.24) is 0 Å². The summed E-state index contributed by atoms with van der Waals surface area (Å²) in [5.74, 6) is 0. The van der Waals surface area contributed by atoms with Gasteiger partial charge in [-0.2, -0.15) is 0 Å². The largest absolute Gasteiger partial charge is 0.464 e. The van der Waals surface area contributed by atoms with Gasteiger partial charge in [-0.3, -0.25) is 0 Å². The van der Waals surface area contributed by atoms with E-state index >= 15 is 0 Å². The Morgan fingerprint density at radius 1 is 0.722 bits per heavy atom. The van der Waals surface area contributed by atoms with E-state index in [0.29, 0.717) is 5.58 Å². The van der Waals surface area contributed by atoms with Gasteiger partial charge in [-0.15, -0.1) is 0 Å². The number of rotatable bonds is 0. The fourth-order valence-corrected chi connectivity index (χ4v) is 2.36. The second-order valence-corrected chi connectivity index (χ2v) is 4.24. The monoisotopic (exact) mass is 236 g/mol. The van der Waals surface area contributed by atoms with E-state index < -0.39 is 0 Å². The van der Waals surface area contributed by atoms with Crippen molar-refractivity contribution >= 4 is 32.7 Å². The summed E-state index contributed by atoms with van der Waals surface area (Å²) in [5.41, 5.74) is 1.09. The molecule has 0 atom stereocenters. The summed E-state index contributed by atoms with van der Waals surface area (Å²) in [5, 5.41) is 3.81. The number of benzene rings is 2. The molecule has 2 heterocycles. The van der Waals surface area contributed by atoms with Gasteiger partial charge in [-0.1, -0.05) is 12.1 Å². The standard InChI is InChI=1S/C15H8O3/c16-13-6-3-9-1-4-11-12(15(9)18-13)5-2-10-7-8-17-14(10)11/h1-8H. The highest BCUT2D eigenvalue weighted by molar-refractivity contribution is 6.13. The molecule has 0 amide bonds. The van der Waals surface area contributed by atoms with Crippen molar-refractivity contribution < 1.29 is 8.83 Å². The number of fused-ring (bicyclic) bond motifs is 5. The first-order chi connectivity index (χ1) is 8.83. The third kappa shape index (κ3) is 1.16. The minimum atomic E-state index is -0.338. The summed E-state index contributed by atoms with van der Waals surface area (Å²) in [6.45, 7) is 0. The first kappa shape index (κ1) is 9.48. The van der Waals surface area contributed by atoms with E-state index in [0.717, 1.165) is 27.1 Å². The van der Waals surface area contributed by atoms with Crippen LogP contribution in [0.5, 0.6) is 0 Å². The summed E-state index contributed by atoms with van der Waals surface area (Å²) >= 11 is 0. The van der Waals surface area contributed by atoms with Crippen molar-refractivity contribution in [3.8, 4) is 0 Å². The zero-order valence-corrected chi connectivity index (χ0v) is 9.34. The lowest BCUT2D eigenvalue weighted by molar-refractivity contribution is 0.564. The zero-order valence-electron chi connectivity index (χ0n) is 9.34. The topological polar surface area (TPSA) is 43.4 Å². The van der Waals surface area contributed by atoms with E-state index in [9.17, 15) is 4.79 Å². The molecular formula is C15H8O3. The molecule has 0 aliphatic carbocycles. The third-order valence-electron chi connectivity index (χ3n) is 3.20. The van der Waals surface area contributed by atoms with Gasteiger partial charge in [0.05, 0.1) is 6.26 Å². The molecule has 0 radical (unpaired) electrons. The molecule has 0 fully saturated rings. The highest BCUT2D eigenvalue weighted by atomic mass is 16.4. The summed E-state index contributed by atoms with van der Waals surface area (Å²) in [6.07, 6.45) is 1.66. The fourth-order valence-electron chi connectivity index (χ4n) is 2.36. The Hall–Kier alpha value is -2.55. The maximum atomic E-state index is 11.4. The smallest absolute Gasteiger partial charge is 0.336 e. The molecule has 3 nitrogen and oxygen atoms in total. The van der Waals surface area contributed by atoms with Crippen molar-refractivity contribution in [2.45, 2.75) is 0 Å². The van der Waals surface area contributed by atoms with Gasteiger partial charge in [-0.05, 0) is 24.3 Å². The zero-order chi connectivity index (χ0) is 12.1. The van der Waals surface area contributed by atoms with Crippen LogP contribution < -0.4 is 5.63 Å². The van der Waals surface area contributed by atoms with Gasteiger partial charge < -0.3 is 8.83 Å². The summed E-state index contributed by atoms with van der Waals surface area (Å²) in [6, 6.07) is 13.0. The van der Waals surface area contributed by atoms with Crippen LogP contribution in [0.25, 0.3) is 32.7 Å². The Morgan fingerprint density at radius 3 is 2.22 bits per heavy atom. The van der Waals surface area contributed by atoms with Crippen LogP contribution in [0, 0.1) is 0 Å². The van der Waals surface area contributed by atoms with Gasteiger partial charge in [0.1, 0.15) is 11.2 Å². The lowest BCUT2D eigenvalue weighted by atomic mass is 10.1. The van der Waals surface area contributed by atoms with Gasteiger partial charge in [-0.25, -0.2) is 4.79 Å². The molecule has 0 aliphatic heterocycles. The van der Waals surface area contributed by atoms with Crippen molar-refractivity contribution in [1.29, 1.82) is 0 Å². The molecule has 0 spiro atoms. The van der Waals surface area contributed by atoms with Gasteiger partial charge in [0.15, 0.2) is 0 Å². The molecule has 0 saturated heterocycles. The average Bonchev–Trinajstić information content (AvgIpc) is 2.86. The minimum absolute atomic E-state index is 0.338. The van der Waals surface area contributed by atoms with Crippen molar-refractivity contribution in [2.24, 2.45) is 0 Å². The molecule has 2 aromatic heterocycles. The van der Waals surface area contributed by atoms with Gasteiger partial charge >= 0.3 is 5.63 Å². The molecule has 3 heteroatoms. The van der Waals surface area contributed by atoms with Crippen LogP contribution in [0.1, 0.15) is 0 Å². The van der Waals surface area contributed by atoms with Crippen molar-refractivity contribution in [3.63, 3.8) is 0 Å². The van der Waals surface area contributed by atoms with E-state index in [1.165, 1.54) is 6.07 Å². The van der Waals surface area contributed by atoms with Gasteiger partial charge in [0.2, 0.25) is 0 Å². The lowest BCUT2D eigenvalue weighted by Crippen LogP contribution is -1.94. The van der Waals surface area contributed by atoms with Gasteiger partial charge in [0, 0.05) is 27.6 Å². The molecule has 2 aromatic carbocycles. The van der Waals surface area contributed by atoms with Crippen LogP contribution in [0.4, 0.5) is 0 Å². The van der Waals surface area contributed by atoms with Crippen molar-refractivity contribution in [3.05, 3.63) is 59.1 Å². The Labute approximate surface area is 101 Å². The highest BCUT2D eigenvalue weighted by Crippen LogP contribution is 2.30. The van der Waals surface area contributed by atoms with E-state index in [4.69, 9.17) is 8.83 Å². The maximum Gasteiger partial charge on any atom is 0.336 e. The van der Waals surface area contributed by atoms with Crippen LogP contribution in [0.15, 0.2) is 62.4 Å².